The first-order chi connectivity index (χ1) is 16.6. The van der Waals surface area contributed by atoms with Gasteiger partial charge in [-0.05, 0) is 43.9 Å². The number of amides is 2. The largest absolute Gasteiger partial charge is 0.468 e. The number of nitrogens with zero attached hydrogens (tertiary/aromatic N) is 3. The summed E-state index contributed by atoms with van der Waals surface area (Å²) in [7, 11) is 0. The SMILES string of the molecule is O=C1CCCc2occ(C(=O)N3CCC4(CC3)C[C@@H]4C(=O)N3CCN(C4CCCCC4)CC3)c21. The quantitative estimate of drug-likeness (QED) is 0.680. The minimum atomic E-state index is -0.0857. The molecular formula is C27H37N3O4. The predicted octanol–water partition coefficient (Wildman–Crippen LogP) is 3.52. The Hall–Kier alpha value is -2.15. The summed E-state index contributed by atoms with van der Waals surface area (Å²) in [6, 6.07) is 0.733. The van der Waals surface area contributed by atoms with E-state index in [1.807, 2.05) is 4.90 Å². The summed E-state index contributed by atoms with van der Waals surface area (Å²) in [5.41, 5.74) is 1.04. The van der Waals surface area contributed by atoms with E-state index in [4.69, 9.17) is 4.42 Å². The Bertz CT molecular complexity index is 963. The number of furan rings is 1. The van der Waals surface area contributed by atoms with Gasteiger partial charge < -0.3 is 14.2 Å². The van der Waals surface area contributed by atoms with Crippen LogP contribution in [0.2, 0.25) is 0 Å². The molecule has 0 bridgehead atoms. The van der Waals surface area contributed by atoms with Crippen molar-refractivity contribution in [3.05, 3.63) is 23.2 Å². The van der Waals surface area contributed by atoms with E-state index in [1.54, 1.807) is 0 Å². The average Bonchev–Trinajstić information content (AvgIpc) is 3.39. The molecule has 6 rings (SSSR count). The maximum atomic E-state index is 13.3. The number of Topliss-reactive ketones (excluding diaryl/α,β-unsaturated/α-hetero) is 1. The summed E-state index contributed by atoms with van der Waals surface area (Å²) in [6.07, 6.45) is 13.0. The maximum Gasteiger partial charge on any atom is 0.257 e. The lowest BCUT2D eigenvalue weighted by molar-refractivity contribution is -0.136. The van der Waals surface area contributed by atoms with Crippen molar-refractivity contribution in [2.45, 2.75) is 76.7 Å². The molecule has 2 saturated heterocycles. The molecule has 184 valence electrons. The van der Waals surface area contributed by atoms with Crippen molar-refractivity contribution in [3.8, 4) is 0 Å². The Morgan fingerprint density at radius 3 is 2.35 bits per heavy atom. The molecule has 2 aliphatic heterocycles. The highest BCUT2D eigenvalue weighted by molar-refractivity contribution is 6.09. The average molecular weight is 468 g/mol. The minimum Gasteiger partial charge on any atom is -0.468 e. The number of piperidine rings is 1. The van der Waals surface area contributed by atoms with Gasteiger partial charge in [0.2, 0.25) is 5.91 Å². The Kier molecular flexibility index (Phi) is 5.79. The second-order valence-corrected chi connectivity index (χ2v) is 11.3. The van der Waals surface area contributed by atoms with Crippen molar-refractivity contribution in [2.75, 3.05) is 39.3 Å². The topological polar surface area (TPSA) is 74.1 Å². The maximum absolute atomic E-state index is 13.3. The van der Waals surface area contributed by atoms with Crippen LogP contribution in [0, 0.1) is 11.3 Å². The van der Waals surface area contributed by atoms with Gasteiger partial charge in [0.25, 0.3) is 5.91 Å². The summed E-state index contributed by atoms with van der Waals surface area (Å²) >= 11 is 0. The number of aryl methyl sites for hydroxylation is 1. The Labute approximate surface area is 201 Å². The first-order valence-electron chi connectivity index (χ1n) is 13.5. The molecule has 1 atom stereocenters. The van der Waals surface area contributed by atoms with Gasteiger partial charge in [-0.2, -0.15) is 0 Å². The van der Waals surface area contributed by atoms with Gasteiger partial charge in [0.05, 0.1) is 11.1 Å². The van der Waals surface area contributed by atoms with Gasteiger partial charge in [-0.15, -0.1) is 0 Å². The van der Waals surface area contributed by atoms with Crippen LogP contribution in [0.4, 0.5) is 0 Å². The van der Waals surface area contributed by atoms with E-state index < -0.39 is 0 Å². The Morgan fingerprint density at radius 1 is 0.882 bits per heavy atom. The molecule has 4 fully saturated rings. The van der Waals surface area contributed by atoms with Crippen molar-refractivity contribution in [2.24, 2.45) is 11.3 Å². The molecule has 1 spiro atoms. The van der Waals surface area contributed by atoms with E-state index in [0.717, 1.165) is 64.3 Å². The molecule has 7 nitrogen and oxygen atoms in total. The molecule has 1 aromatic heterocycles. The first kappa shape index (κ1) is 22.3. The number of likely N-dealkylation sites (tertiary alicyclic amines) is 1. The highest BCUT2D eigenvalue weighted by Gasteiger charge is 2.59. The van der Waals surface area contributed by atoms with Crippen molar-refractivity contribution in [1.82, 2.24) is 14.7 Å². The smallest absolute Gasteiger partial charge is 0.257 e. The van der Waals surface area contributed by atoms with Gasteiger partial charge in [0.15, 0.2) is 5.78 Å². The van der Waals surface area contributed by atoms with Gasteiger partial charge in [-0.25, -0.2) is 0 Å². The van der Waals surface area contributed by atoms with E-state index in [1.165, 1.54) is 38.4 Å². The van der Waals surface area contributed by atoms with Crippen molar-refractivity contribution in [1.29, 1.82) is 0 Å². The molecule has 1 aromatic rings. The summed E-state index contributed by atoms with van der Waals surface area (Å²) in [5, 5.41) is 0. The number of fused-ring (bicyclic) bond motifs is 1. The standard InChI is InChI=1S/C27H37N3O4/c31-22-7-4-8-23-24(22)20(18-34-23)25(32)29-11-9-27(10-12-29)17-21(27)26(33)30-15-13-28(14-16-30)19-5-2-1-3-6-19/h18-19,21H,1-17H2/t21-/m1/s1. The minimum absolute atomic E-state index is 0.0308. The molecule has 0 radical (unpaired) electrons. The Morgan fingerprint density at radius 2 is 1.62 bits per heavy atom. The fraction of sp³-hybridized carbons (Fsp3) is 0.741. The van der Waals surface area contributed by atoms with Crippen molar-refractivity contribution >= 4 is 17.6 Å². The van der Waals surface area contributed by atoms with Gasteiger partial charge in [0, 0.05) is 64.1 Å². The van der Waals surface area contributed by atoms with E-state index >= 15 is 0 Å². The van der Waals surface area contributed by atoms with Crippen LogP contribution in [0.1, 0.15) is 90.7 Å². The third kappa shape index (κ3) is 3.90. The summed E-state index contributed by atoms with van der Waals surface area (Å²) in [4.78, 5) is 45.4. The van der Waals surface area contributed by atoms with Gasteiger partial charge >= 0.3 is 0 Å². The van der Waals surface area contributed by atoms with E-state index in [9.17, 15) is 14.4 Å². The van der Waals surface area contributed by atoms with E-state index in [2.05, 4.69) is 9.80 Å². The van der Waals surface area contributed by atoms with Gasteiger partial charge in [-0.3, -0.25) is 19.3 Å². The lowest BCUT2D eigenvalue weighted by atomic mass is 9.89. The zero-order chi connectivity index (χ0) is 23.3. The summed E-state index contributed by atoms with van der Waals surface area (Å²) in [5.74, 6) is 1.09. The van der Waals surface area contributed by atoms with Crippen LogP contribution in [-0.2, 0) is 11.2 Å². The molecule has 2 saturated carbocycles. The zero-order valence-electron chi connectivity index (χ0n) is 20.2. The number of carbonyl (C=O) groups excluding carboxylic acids is 3. The van der Waals surface area contributed by atoms with Crippen LogP contribution < -0.4 is 0 Å². The second-order valence-electron chi connectivity index (χ2n) is 11.3. The van der Waals surface area contributed by atoms with Gasteiger partial charge in [-0.1, -0.05) is 19.3 Å². The van der Waals surface area contributed by atoms with Crippen LogP contribution in [0.3, 0.4) is 0 Å². The highest BCUT2D eigenvalue weighted by atomic mass is 16.3. The molecule has 2 amide bonds. The first-order valence-corrected chi connectivity index (χ1v) is 13.5. The number of hydrogen-bond acceptors (Lipinski definition) is 5. The third-order valence-corrected chi connectivity index (χ3v) is 9.44. The van der Waals surface area contributed by atoms with Gasteiger partial charge in [0.1, 0.15) is 12.0 Å². The van der Waals surface area contributed by atoms with Crippen LogP contribution in [0.15, 0.2) is 10.7 Å². The number of piperazine rings is 1. The third-order valence-electron chi connectivity index (χ3n) is 9.44. The molecule has 34 heavy (non-hydrogen) atoms. The second kappa shape index (κ2) is 8.81. The zero-order valence-corrected chi connectivity index (χ0v) is 20.2. The lowest BCUT2D eigenvalue weighted by Gasteiger charge is -2.41. The van der Waals surface area contributed by atoms with E-state index in [-0.39, 0.29) is 23.0 Å². The van der Waals surface area contributed by atoms with Crippen molar-refractivity contribution in [3.63, 3.8) is 0 Å². The highest BCUT2D eigenvalue weighted by Crippen LogP contribution is 2.60. The summed E-state index contributed by atoms with van der Waals surface area (Å²) in [6.45, 7) is 5.09. The van der Waals surface area contributed by atoms with Crippen LogP contribution in [-0.4, -0.2) is 77.6 Å². The van der Waals surface area contributed by atoms with Crippen LogP contribution in [0.25, 0.3) is 0 Å². The molecule has 3 aliphatic carbocycles. The van der Waals surface area contributed by atoms with E-state index in [0.29, 0.717) is 42.3 Å². The molecule has 0 aromatic carbocycles. The number of rotatable bonds is 3. The fourth-order valence-corrected chi connectivity index (χ4v) is 7.13. The fourth-order valence-electron chi connectivity index (χ4n) is 7.13. The Balaban J connectivity index is 1.02. The number of hydrogen-bond donors (Lipinski definition) is 0. The normalized spacial score (nSPS) is 27.6. The molecular weight excluding hydrogens is 430 g/mol. The lowest BCUT2D eigenvalue weighted by Crippen LogP contribution is -2.53. The predicted molar refractivity (Wildman–Crippen MR) is 127 cm³/mol. The number of ketones is 1. The molecule has 5 aliphatic rings. The molecule has 3 heterocycles. The van der Waals surface area contributed by atoms with Crippen LogP contribution >= 0.6 is 0 Å². The van der Waals surface area contributed by atoms with Crippen molar-refractivity contribution < 1.29 is 18.8 Å². The molecule has 7 heteroatoms. The van der Waals surface area contributed by atoms with Crippen LogP contribution in [0.5, 0.6) is 0 Å². The molecule has 0 N–H and O–H groups in total. The number of carbonyl (C=O) groups is 3. The molecule has 0 unspecified atom stereocenters. The summed E-state index contributed by atoms with van der Waals surface area (Å²) < 4.78 is 5.56. The monoisotopic (exact) mass is 467 g/mol.